The van der Waals surface area contributed by atoms with Gasteiger partial charge in [0, 0.05) is 31.6 Å². The van der Waals surface area contributed by atoms with E-state index < -0.39 is 37.0 Å². The van der Waals surface area contributed by atoms with Gasteiger partial charge in [0.1, 0.15) is 11.3 Å². The van der Waals surface area contributed by atoms with E-state index in [1.165, 1.54) is 17.0 Å². The molecule has 1 aromatic heterocycles. The molecule has 0 aliphatic rings. The van der Waals surface area contributed by atoms with Gasteiger partial charge in [0.05, 0.1) is 10.9 Å². The molecule has 14 heteroatoms. The lowest BCUT2D eigenvalue weighted by molar-refractivity contribution is -0.135. The Morgan fingerprint density at radius 1 is 1.00 bits per heavy atom. The molecule has 0 N–H and O–H groups in total. The van der Waals surface area contributed by atoms with E-state index in [9.17, 15) is 35.5 Å². The first-order valence-corrected chi connectivity index (χ1v) is 13.5. The first kappa shape index (κ1) is 32.8. The minimum Gasteiger partial charge on any atom is -0.462 e. The number of azo groups is 1. The summed E-state index contributed by atoms with van der Waals surface area (Å²) in [6, 6.07) is 3.54. The minimum atomic E-state index is -4.42. The van der Waals surface area contributed by atoms with Crippen molar-refractivity contribution >= 4 is 45.3 Å². The van der Waals surface area contributed by atoms with Crippen LogP contribution in [-0.4, -0.2) is 38.0 Å². The van der Waals surface area contributed by atoms with Crippen molar-refractivity contribution in [2.75, 3.05) is 24.6 Å². The molecule has 0 aliphatic heterocycles. The average Bonchev–Trinajstić information content (AvgIpc) is 3.14. The molecule has 1 aromatic carbocycles. The van der Waals surface area contributed by atoms with Crippen LogP contribution in [0.1, 0.15) is 68.3 Å². The number of carbonyl (C=O) groups excluding carboxylic acids is 1. The van der Waals surface area contributed by atoms with Gasteiger partial charge < -0.3 is 9.64 Å². The molecule has 5 nitrogen and oxygen atoms in total. The van der Waals surface area contributed by atoms with Crippen molar-refractivity contribution in [2.24, 2.45) is 10.2 Å². The second kappa shape index (κ2) is 14.8. The highest BCUT2D eigenvalue weighted by atomic mass is 35.5. The molecule has 0 aliphatic carbocycles. The number of anilines is 1. The minimum absolute atomic E-state index is 0.115. The highest BCUT2D eigenvalue weighted by molar-refractivity contribution is 7.20. The largest absolute Gasteiger partial charge is 0.462 e. The maximum absolute atomic E-state index is 14.9. The van der Waals surface area contributed by atoms with Crippen molar-refractivity contribution in [3.8, 4) is 0 Å². The summed E-state index contributed by atoms with van der Waals surface area (Å²) < 4.78 is 95.8. The van der Waals surface area contributed by atoms with Crippen LogP contribution in [0.15, 0.2) is 28.4 Å². The number of alkyl halides is 6. The number of thiophene rings is 1. The predicted molar refractivity (Wildman–Crippen MR) is 137 cm³/mol. The van der Waals surface area contributed by atoms with E-state index in [1.807, 2.05) is 6.92 Å². The number of hydrogen-bond acceptors (Lipinski definition) is 6. The van der Waals surface area contributed by atoms with E-state index in [-0.39, 0.29) is 54.5 Å². The molecule has 218 valence electrons. The van der Waals surface area contributed by atoms with Gasteiger partial charge in [-0.2, -0.15) is 26.3 Å². The molecule has 0 saturated carbocycles. The Kier molecular flexibility index (Phi) is 12.5. The zero-order chi connectivity index (χ0) is 29.2. The zero-order valence-corrected chi connectivity index (χ0v) is 23.0. The van der Waals surface area contributed by atoms with Crippen LogP contribution in [0.3, 0.4) is 0 Å². The zero-order valence-electron chi connectivity index (χ0n) is 21.4. The van der Waals surface area contributed by atoms with Gasteiger partial charge in [-0.05, 0) is 56.4 Å². The van der Waals surface area contributed by atoms with Crippen LogP contribution >= 0.6 is 22.9 Å². The van der Waals surface area contributed by atoms with Gasteiger partial charge in [-0.15, -0.1) is 21.6 Å². The third kappa shape index (κ3) is 10.9. The molecule has 0 unspecified atom stereocenters. The van der Waals surface area contributed by atoms with E-state index in [0.717, 1.165) is 30.2 Å². The Hall–Kier alpha value is -2.41. The number of hydrogen-bond donors (Lipinski definition) is 0. The molecule has 0 amide bonds. The maximum atomic E-state index is 14.9. The van der Waals surface area contributed by atoms with Crippen LogP contribution in [0, 0.1) is 5.82 Å². The third-order valence-corrected chi connectivity index (χ3v) is 6.88. The molecule has 0 saturated heterocycles. The molecule has 0 atom stereocenters. The summed E-state index contributed by atoms with van der Waals surface area (Å²) in [6.45, 7) is 3.31. The van der Waals surface area contributed by atoms with Crippen LogP contribution in [-0.2, 0) is 11.2 Å². The molecule has 0 bridgehead atoms. The number of unbranched alkanes of at least 4 members (excludes halogenated alkanes) is 1. The van der Waals surface area contributed by atoms with E-state index in [1.54, 1.807) is 6.92 Å². The quantitative estimate of drug-likeness (QED) is 0.123. The normalized spacial score (nSPS) is 12.4. The fourth-order valence-corrected chi connectivity index (χ4v) is 4.97. The predicted octanol–water partition coefficient (Wildman–Crippen LogP) is 9.97. The monoisotopic (exact) mass is 603 g/mol. The van der Waals surface area contributed by atoms with Crippen molar-refractivity contribution in [1.82, 2.24) is 0 Å². The topological polar surface area (TPSA) is 54.3 Å². The van der Waals surface area contributed by atoms with Gasteiger partial charge in [-0.1, -0.05) is 24.9 Å². The van der Waals surface area contributed by atoms with Crippen LogP contribution in [0.2, 0.25) is 4.34 Å². The van der Waals surface area contributed by atoms with Gasteiger partial charge in [-0.3, -0.25) is 0 Å². The summed E-state index contributed by atoms with van der Waals surface area (Å²) in [5, 5.41) is 8.03. The highest BCUT2D eigenvalue weighted by Gasteiger charge is 2.29. The number of benzene rings is 1. The fourth-order valence-electron chi connectivity index (χ4n) is 3.67. The van der Waals surface area contributed by atoms with Crippen molar-refractivity contribution in [1.29, 1.82) is 0 Å². The van der Waals surface area contributed by atoms with Crippen LogP contribution in [0.5, 0.6) is 0 Å². The van der Waals surface area contributed by atoms with Crippen molar-refractivity contribution in [3.05, 3.63) is 39.5 Å². The average molecular weight is 604 g/mol. The van der Waals surface area contributed by atoms with Crippen molar-refractivity contribution < 1.29 is 40.3 Å². The summed E-state index contributed by atoms with van der Waals surface area (Å²) in [5.74, 6) is -1.52. The molecule has 39 heavy (non-hydrogen) atoms. The summed E-state index contributed by atoms with van der Waals surface area (Å²) in [4.78, 5) is 13.8. The van der Waals surface area contributed by atoms with Crippen LogP contribution in [0.25, 0.3) is 0 Å². The highest BCUT2D eigenvalue weighted by Crippen LogP contribution is 2.41. The molecule has 2 rings (SSSR count). The summed E-state index contributed by atoms with van der Waals surface area (Å²) in [6.07, 6.45) is -9.69. The van der Waals surface area contributed by atoms with Crippen molar-refractivity contribution in [2.45, 2.75) is 71.1 Å². The van der Waals surface area contributed by atoms with Gasteiger partial charge in [0.2, 0.25) is 0 Å². The lowest BCUT2D eigenvalue weighted by Gasteiger charge is -2.25. The molecule has 0 fully saturated rings. The number of carbonyl (C=O) groups is 1. The summed E-state index contributed by atoms with van der Waals surface area (Å²) in [7, 11) is 0. The van der Waals surface area contributed by atoms with Gasteiger partial charge in [-0.25, -0.2) is 9.18 Å². The number of esters is 1. The molecule has 0 spiro atoms. The summed E-state index contributed by atoms with van der Waals surface area (Å²) in [5.41, 5.74) is 0.601. The maximum Gasteiger partial charge on any atom is 0.389 e. The molecular weight excluding hydrogens is 575 g/mol. The molecular formula is C25H29ClF7N3O2S. The Morgan fingerprint density at radius 2 is 1.62 bits per heavy atom. The standard InChI is InChI=1S/C25H29ClF7N3O2S/c1-3-5-8-17-20(23(37)38-4-2)22(39-21(17)26)35-34-19-10-9-16(15-18(19)27)36(13-6-11-24(28,29)30)14-7-12-25(31,32)33/h9-10,15H,3-8,11-14H2,1-2H3. The number of halogens is 8. The van der Waals surface area contributed by atoms with Gasteiger partial charge in [0.15, 0.2) is 10.8 Å². The van der Waals surface area contributed by atoms with Crippen molar-refractivity contribution in [3.63, 3.8) is 0 Å². The smallest absolute Gasteiger partial charge is 0.389 e. The number of nitrogens with zero attached hydrogens (tertiary/aromatic N) is 3. The fraction of sp³-hybridized carbons (Fsp3) is 0.560. The summed E-state index contributed by atoms with van der Waals surface area (Å²) >= 11 is 7.32. The Morgan fingerprint density at radius 3 is 2.13 bits per heavy atom. The number of rotatable bonds is 14. The van der Waals surface area contributed by atoms with E-state index in [0.29, 0.717) is 16.3 Å². The Bertz CT molecular complexity index is 1100. The van der Waals surface area contributed by atoms with E-state index in [2.05, 4.69) is 10.2 Å². The molecule has 1 heterocycles. The molecule has 0 radical (unpaired) electrons. The second-order valence-corrected chi connectivity index (χ2v) is 10.2. The van der Waals surface area contributed by atoms with Gasteiger partial charge >= 0.3 is 18.3 Å². The van der Waals surface area contributed by atoms with E-state index in [4.69, 9.17) is 16.3 Å². The second-order valence-electron chi connectivity index (χ2n) is 8.62. The van der Waals surface area contributed by atoms with Crippen LogP contribution < -0.4 is 4.90 Å². The lowest BCUT2D eigenvalue weighted by atomic mass is 10.1. The van der Waals surface area contributed by atoms with Crippen LogP contribution in [0.4, 0.5) is 47.1 Å². The third-order valence-electron chi connectivity index (χ3n) is 5.52. The van der Waals surface area contributed by atoms with E-state index >= 15 is 0 Å². The SMILES string of the molecule is CCCCc1c(Cl)sc(N=Nc2ccc(N(CCCC(F)(F)F)CCCC(F)(F)F)cc2F)c1C(=O)OCC. The first-order valence-electron chi connectivity index (χ1n) is 12.3. The Balaban J connectivity index is 2.29. The molecule has 2 aromatic rings. The lowest BCUT2D eigenvalue weighted by Crippen LogP contribution is -2.28. The first-order chi connectivity index (χ1) is 18.3. The number of ether oxygens (including phenoxy) is 1. The van der Waals surface area contributed by atoms with Gasteiger partial charge in [0.25, 0.3) is 0 Å². The Labute approximate surface area is 231 Å².